The molecule has 49 heavy (non-hydrogen) atoms. The number of benzene rings is 6. The number of nitrogens with zero attached hydrogens (tertiary/aromatic N) is 4. The maximum absolute atomic E-state index is 14.5. The topological polar surface area (TPSA) is 43.6 Å². The van der Waals surface area contributed by atoms with Crippen LogP contribution < -0.4 is 0 Å². The van der Waals surface area contributed by atoms with Gasteiger partial charge in [0.2, 0.25) is 0 Å². The van der Waals surface area contributed by atoms with Gasteiger partial charge in [-0.3, -0.25) is 0 Å². The number of hydrogen-bond acceptors (Lipinski definition) is 3. The summed E-state index contributed by atoms with van der Waals surface area (Å²) in [6.45, 7) is 6.63. The minimum absolute atomic E-state index is 0.0764. The van der Waals surface area contributed by atoms with E-state index in [2.05, 4.69) is 61.7 Å². The van der Waals surface area contributed by atoms with E-state index in [0.29, 0.717) is 34.2 Å². The highest BCUT2D eigenvalue weighted by molar-refractivity contribution is 6.10. The van der Waals surface area contributed by atoms with Gasteiger partial charge in [0.05, 0.1) is 16.7 Å². The number of fused-ring (bicyclic) bond motifs is 3. The summed E-state index contributed by atoms with van der Waals surface area (Å²) in [6, 6.07) is 44.0. The average Bonchev–Trinajstić information content (AvgIpc) is 3.45. The molecule has 2 heterocycles. The van der Waals surface area contributed by atoms with E-state index in [1.807, 2.05) is 84.9 Å². The molecule has 4 nitrogen and oxygen atoms in total. The Bertz CT molecular complexity index is 2420. The van der Waals surface area contributed by atoms with Gasteiger partial charge in [0.1, 0.15) is 11.6 Å². The first-order chi connectivity index (χ1) is 23.7. The van der Waals surface area contributed by atoms with Crippen molar-refractivity contribution in [2.24, 2.45) is 0 Å². The second kappa shape index (κ2) is 11.9. The van der Waals surface area contributed by atoms with Crippen LogP contribution in [0.5, 0.6) is 0 Å². The zero-order chi connectivity index (χ0) is 33.7. The Morgan fingerprint density at radius 3 is 1.67 bits per heavy atom. The predicted octanol–water partition coefficient (Wildman–Crippen LogP) is 11.2. The van der Waals surface area contributed by atoms with Crippen LogP contribution in [0.3, 0.4) is 0 Å². The highest BCUT2D eigenvalue weighted by atomic mass is 19.1. The van der Waals surface area contributed by atoms with E-state index in [4.69, 9.17) is 15.0 Å². The number of halogens is 2. The van der Waals surface area contributed by atoms with Crippen LogP contribution in [0.15, 0.2) is 140 Å². The molecule has 8 aromatic rings. The molecule has 0 amide bonds. The Balaban J connectivity index is 1.47. The monoisotopic (exact) mass is 642 g/mol. The summed E-state index contributed by atoms with van der Waals surface area (Å²) in [6.07, 6.45) is 0. The molecular formula is C43H32F2N4. The zero-order valence-corrected chi connectivity index (χ0v) is 27.3. The van der Waals surface area contributed by atoms with E-state index < -0.39 is 11.6 Å². The minimum Gasteiger partial charge on any atom is -0.308 e. The number of para-hydroxylation sites is 1. The molecule has 6 aromatic carbocycles. The molecule has 6 heteroatoms. The first-order valence-electron chi connectivity index (χ1n) is 16.2. The van der Waals surface area contributed by atoms with Crippen LogP contribution in [0.1, 0.15) is 26.3 Å². The van der Waals surface area contributed by atoms with Crippen molar-refractivity contribution in [1.82, 2.24) is 19.5 Å². The van der Waals surface area contributed by atoms with Crippen molar-refractivity contribution in [1.29, 1.82) is 0 Å². The molecule has 0 aliphatic carbocycles. The second-order valence-corrected chi connectivity index (χ2v) is 13.3. The third kappa shape index (κ3) is 5.65. The number of aromatic nitrogens is 4. The summed E-state index contributed by atoms with van der Waals surface area (Å²) in [5.74, 6) is 0.204. The van der Waals surface area contributed by atoms with Gasteiger partial charge in [-0.1, -0.05) is 118 Å². The van der Waals surface area contributed by atoms with Gasteiger partial charge in [0.15, 0.2) is 17.5 Å². The highest BCUT2D eigenvalue weighted by Crippen LogP contribution is 2.39. The van der Waals surface area contributed by atoms with Crippen molar-refractivity contribution in [3.63, 3.8) is 0 Å². The average molecular weight is 643 g/mol. The van der Waals surface area contributed by atoms with Crippen molar-refractivity contribution in [2.75, 3.05) is 0 Å². The molecule has 0 unspecified atom stereocenters. The van der Waals surface area contributed by atoms with E-state index in [1.165, 1.54) is 17.7 Å². The Kier molecular flexibility index (Phi) is 7.37. The molecule has 0 saturated heterocycles. The first-order valence-corrected chi connectivity index (χ1v) is 16.2. The summed E-state index contributed by atoms with van der Waals surface area (Å²) >= 11 is 0. The smallest absolute Gasteiger partial charge is 0.166 e. The minimum atomic E-state index is -0.643. The maximum atomic E-state index is 14.5. The van der Waals surface area contributed by atoms with Crippen molar-refractivity contribution in [3.8, 4) is 51.0 Å². The zero-order valence-electron chi connectivity index (χ0n) is 27.3. The number of hydrogen-bond donors (Lipinski definition) is 0. The standard InChI is InChI=1S/C43H32F2N4/c1-43(2,3)31-19-20-35-34-16-10-11-17-37(34)49(39(35)25-31)38-21-18-29(30-22-32(44)26-33(45)23-30)24-36(38)42-47-40(27-12-6-4-7-13-27)46-41(48-42)28-14-8-5-9-15-28/h4-26H,1-3H3. The summed E-state index contributed by atoms with van der Waals surface area (Å²) in [5.41, 5.74) is 7.47. The summed E-state index contributed by atoms with van der Waals surface area (Å²) in [7, 11) is 0. The van der Waals surface area contributed by atoms with Crippen LogP contribution in [-0.2, 0) is 5.41 Å². The molecular weight excluding hydrogens is 610 g/mol. The molecule has 0 radical (unpaired) electrons. The largest absolute Gasteiger partial charge is 0.308 e. The molecule has 0 atom stereocenters. The fourth-order valence-electron chi connectivity index (χ4n) is 6.44. The molecule has 8 rings (SSSR count). The maximum Gasteiger partial charge on any atom is 0.166 e. The fraction of sp³-hybridized carbons (Fsp3) is 0.0930. The van der Waals surface area contributed by atoms with Gasteiger partial charge in [0, 0.05) is 33.5 Å². The van der Waals surface area contributed by atoms with Gasteiger partial charge in [-0.05, 0) is 58.5 Å². The van der Waals surface area contributed by atoms with Crippen LogP contribution in [0, 0.1) is 11.6 Å². The lowest BCUT2D eigenvalue weighted by molar-refractivity contribution is 0.584. The van der Waals surface area contributed by atoms with Gasteiger partial charge >= 0.3 is 0 Å². The van der Waals surface area contributed by atoms with Crippen LogP contribution in [0.25, 0.3) is 72.8 Å². The quantitative estimate of drug-likeness (QED) is 0.188. The van der Waals surface area contributed by atoms with E-state index in [1.54, 1.807) is 0 Å². The third-order valence-electron chi connectivity index (χ3n) is 8.91. The lowest BCUT2D eigenvalue weighted by atomic mass is 9.86. The SMILES string of the molecule is CC(C)(C)c1ccc2c3ccccc3n(-c3ccc(-c4cc(F)cc(F)c4)cc3-c3nc(-c4ccccc4)nc(-c4ccccc4)n3)c2c1. The predicted molar refractivity (Wildman–Crippen MR) is 195 cm³/mol. The van der Waals surface area contributed by atoms with Crippen molar-refractivity contribution in [3.05, 3.63) is 157 Å². The molecule has 0 aliphatic heterocycles. The van der Waals surface area contributed by atoms with Gasteiger partial charge < -0.3 is 4.57 Å². The molecule has 2 aromatic heterocycles. The van der Waals surface area contributed by atoms with Gasteiger partial charge in [-0.2, -0.15) is 0 Å². The van der Waals surface area contributed by atoms with E-state index in [9.17, 15) is 8.78 Å². The Morgan fingerprint density at radius 1 is 0.469 bits per heavy atom. The van der Waals surface area contributed by atoms with Gasteiger partial charge in [-0.25, -0.2) is 23.7 Å². The lowest BCUT2D eigenvalue weighted by Crippen LogP contribution is -2.11. The molecule has 0 saturated carbocycles. The fourth-order valence-corrected chi connectivity index (χ4v) is 6.44. The van der Waals surface area contributed by atoms with E-state index in [-0.39, 0.29) is 5.41 Å². The van der Waals surface area contributed by atoms with Crippen molar-refractivity contribution < 1.29 is 8.78 Å². The Morgan fingerprint density at radius 2 is 1.04 bits per heavy atom. The molecule has 0 bridgehead atoms. The van der Waals surface area contributed by atoms with Gasteiger partial charge in [0.25, 0.3) is 0 Å². The van der Waals surface area contributed by atoms with Crippen LogP contribution >= 0.6 is 0 Å². The van der Waals surface area contributed by atoms with Gasteiger partial charge in [-0.15, -0.1) is 0 Å². The van der Waals surface area contributed by atoms with E-state index in [0.717, 1.165) is 44.7 Å². The summed E-state index contributed by atoms with van der Waals surface area (Å²) in [5, 5.41) is 2.24. The van der Waals surface area contributed by atoms with Crippen LogP contribution in [0.4, 0.5) is 8.78 Å². The van der Waals surface area contributed by atoms with Crippen LogP contribution in [-0.4, -0.2) is 19.5 Å². The number of rotatable bonds is 5. The van der Waals surface area contributed by atoms with Crippen LogP contribution in [0.2, 0.25) is 0 Å². The molecule has 0 aliphatic rings. The molecule has 0 spiro atoms. The third-order valence-corrected chi connectivity index (χ3v) is 8.91. The normalized spacial score (nSPS) is 11.8. The molecule has 238 valence electrons. The molecule has 0 fully saturated rings. The van der Waals surface area contributed by atoms with Crippen molar-refractivity contribution >= 4 is 21.8 Å². The lowest BCUT2D eigenvalue weighted by Gasteiger charge is -2.20. The summed E-state index contributed by atoms with van der Waals surface area (Å²) < 4.78 is 31.3. The highest BCUT2D eigenvalue weighted by Gasteiger charge is 2.22. The first kappa shape index (κ1) is 30.3. The van der Waals surface area contributed by atoms with E-state index >= 15 is 0 Å². The van der Waals surface area contributed by atoms with Crippen molar-refractivity contribution in [2.45, 2.75) is 26.2 Å². The second-order valence-electron chi connectivity index (χ2n) is 13.3. The summed E-state index contributed by atoms with van der Waals surface area (Å²) in [4.78, 5) is 15.1. The Hall–Kier alpha value is -6.01. The Labute approximate surface area is 283 Å². The molecule has 0 N–H and O–H groups in total.